The van der Waals surface area contributed by atoms with E-state index < -0.39 is 0 Å². The highest BCUT2D eigenvalue weighted by Gasteiger charge is 2.09. The van der Waals surface area contributed by atoms with Crippen LogP contribution in [0.2, 0.25) is 0 Å². The predicted octanol–water partition coefficient (Wildman–Crippen LogP) is 2.74. The highest BCUT2D eigenvalue weighted by atomic mass is 16.5. The molecular formula is C14H29NO2. The zero-order chi connectivity index (χ0) is 12.2. The van der Waals surface area contributed by atoms with E-state index in [1.807, 2.05) is 0 Å². The van der Waals surface area contributed by atoms with Crippen molar-refractivity contribution in [3.8, 4) is 0 Å². The summed E-state index contributed by atoms with van der Waals surface area (Å²) in [6.45, 7) is 3.45. The summed E-state index contributed by atoms with van der Waals surface area (Å²) in [7, 11) is 1.73. The molecule has 0 heterocycles. The minimum Gasteiger partial charge on any atom is -0.385 e. The molecule has 1 rings (SSSR count). The van der Waals surface area contributed by atoms with Crippen LogP contribution in [0.1, 0.15) is 51.4 Å². The van der Waals surface area contributed by atoms with Gasteiger partial charge in [-0.15, -0.1) is 0 Å². The van der Waals surface area contributed by atoms with Gasteiger partial charge in [-0.1, -0.05) is 32.1 Å². The van der Waals surface area contributed by atoms with Crippen molar-refractivity contribution in [3.63, 3.8) is 0 Å². The molecule has 3 heteroatoms. The first-order chi connectivity index (χ1) is 8.43. The number of nitrogens with one attached hydrogen (secondary N) is 1. The fourth-order valence-electron chi connectivity index (χ4n) is 2.40. The van der Waals surface area contributed by atoms with Crippen molar-refractivity contribution in [3.05, 3.63) is 0 Å². The molecule has 1 fully saturated rings. The molecule has 17 heavy (non-hydrogen) atoms. The zero-order valence-electron chi connectivity index (χ0n) is 11.4. The Kier molecular flexibility index (Phi) is 9.66. The van der Waals surface area contributed by atoms with Crippen LogP contribution in [0.15, 0.2) is 0 Å². The zero-order valence-corrected chi connectivity index (χ0v) is 11.4. The lowest BCUT2D eigenvalue weighted by Gasteiger charge is -2.21. The maximum Gasteiger partial charge on any atom is 0.0591 e. The lowest BCUT2D eigenvalue weighted by molar-refractivity contribution is 0.102. The van der Waals surface area contributed by atoms with E-state index in [1.165, 1.54) is 44.9 Å². The summed E-state index contributed by atoms with van der Waals surface area (Å²) in [6.07, 6.45) is 10.8. The molecule has 3 nitrogen and oxygen atoms in total. The minimum absolute atomic E-state index is 0.734. The van der Waals surface area contributed by atoms with Gasteiger partial charge in [0.25, 0.3) is 0 Å². The Bertz CT molecular complexity index is 156. The van der Waals surface area contributed by atoms with Gasteiger partial charge in [0.1, 0.15) is 0 Å². The summed E-state index contributed by atoms with van der Waals surface area (Å²) in [6, 6.07) is 0.734. The van der Waals surface area contributed by atoms with Crippen LogP contribution in [-0.2, 0) is 9.47 Å². The van der Waals surface area contributed by atoms with Crippen molar-refractivity contribution in [2.45, 2.75) is 57.4 Å². The Morgan fingerprint density at radius 3 is 2.35 bits per heavy atom. The second-order valence-corrected chi connectivity index (χ2v) is 4.95. The molecule has 1 aliphatic carbocycles. The Balaban J connectivity index is 1.90. The lowest BCUT2D eigenvalue weighted by Crippen LogP contribution is -2.32. The van der Waals surface area contributed by atoms with Gasteiger partial charge in [0.15, 0.2) is 0 Å². The fourth-order valence-corrected chi connectivity index (χ4v) is 2.40. The molecule has 102 valence electrons. The molecule has 0 radical (unpaired) electrons. The third-order valence-corrected chi connectivity index (χ3v) is 3.42. The van der Waals surface area contributed by atoms with Crippen LogP contribution < -0.4 is 5.32 Å². The fraction of sp³-hybridized carbons (Fsp3) is 1.00. The van der Waals surface area contributed by atoms with Gasteiger partial charge in [0.05, 0.1) is 6.61 Å². The molecule has 0 unspecified atom stereocenters. The second-order valence-electron chi connectivity index (χ2n) is 4.95. The summed E-state index contributed by atoms with van der Waals surface area (Å²) >= 11 is 0. The van der Waals surface area contributed by atoms with Crippen molar-refractivity contribution >= 4 is 0 Å². The van der Waals surface area contributed by atoms with E-state index in [4.69, 9.17) is 9.47 Å². The first kappa shape index (κ1) is 14.9. The molecule has 0 atom stereocenters. The minimum atomic E-state index is 0.734. The standard InChI is InChI=1S/C14H29NO2/c1-16-11-7-12-17-13-10-15-14-8-5-3-2-4-6-9-14/h14-15H,2-13H2,1H3. The van der Waals surface area contributed by atoms with Crippen LogP contribution in [0.4, 0.5) is 0 Å². The van der Waals surface area contributed by atoms with Crippen molar-refractivity contribution in [1.29, 1.82) is 0 Å². The molecule has 1 N–H and O–H groups in total. The van der Waals surface area contributed by atoms with Gasteiger partial charge in [0.2, 0.25) is 0 Å². The van der Waals surface area contributed by atoms with E-state index in [0.29, 0.717) is 0 Å². The number of rotatable bonds is 8. The van der Waals surface area contributed by atoms with Crippen LogP contribution in [-0.4, -0.2) is 39.5 Å². The number of hydrogen-bond donors (Lipinski definition) is 1. The van der Waals surface area contributed by atoms with Crippen LogP contribution in [0.5, 0.6) is 0 Å². The first-order valence-electron chi connectivity index (χ1n) is 7.23. The van der Waals surface area contributed by atoms with Crippen molar-refractivity contribution in [1.82, 2.24) is 5.32 Å². The van der Waals surface area contributed by atoms with Gasteiger partial charge in [-0.2, -0.15) is 0 Å². The van der Waals surface area contributed by atoms with E-state index in [1.54, 1.807) is 7.11 Å². The summed E-state index contributed by atoms with van der Waals surface area (Å²) in [4.78, 5) is 0. The highest BCUT2D eigenvalue weighted by molar-refractivity contribution is 4.69. The SMILES string of the molecule is COCCCOCCNC1CCCCCCC1. The van der Waals surface area contributed by atoms with Gasteiger partial charge >= 0.3 is 0 Å². The average molecular weight is 243 g/mol. The van der Waals surface area contributed by atoms with Gasteiger partial charge in [0, 0.05) is 32.9 Å². The van der Waals surface area contributed by atoms with E-state index in [-0.39, 0.29) is 0 Å². The van der Waals surface area contributed by atoms with Crippen LogP contribution in [0.25, 0.3) is 0 Å². The smallest absolute Gasteiger partial charge is 0.0591 e. The van der Waals surface area contributed by atoms with E-state index in [9.17, 15) is 0 Å². The highest BCUT2D eigenvalue weighted by Crippen LogP contribution is 2.16. The quantitative estimate of drug-likeness (QED) is 0.665. The summed E-state index contributed by atoms with van der Waals surface area (Å²) in [5, 5.41) is 3.62. The van der Waals surface area contributed by atoms with E-state index >= 15 is 0 Å². The van der Waals surface area contributed by atoms with Gasteiger partial charge in [-0.25, -0.2) is 0 Å². The monoisotopic (exact) mass is 243 g/mol. The van der Waals surface area contributed by atoms with Gasteiger partial charge in [-0.05, 0) is 19.3 Å². The molecule has 1 aliphatic rings. The molecule has 0 saturated heterocycles. The number of methoxy groups -OCH3 is 1. The Labute approximate surface area is 106 Å². The molecule has 0 aromatic rings. The van der Waals surface area contributed by atoms with Crippen LogP contribution in [0, 0.1) is 0 Å². The molecule has 0 aromatic heterocycles. The van der Waals surface area contributed by atoms with Gasteiger partial charge in [-0.3, -0.25) is 0 Å². The predicted molar refractivity (Wildman–Crippen MR) is 71.4 cm³/mol. The molecule has 0 spiro atoms. The molecular weight excluding hydrogens is 214 g/mol. The average Bonchev–Trinajstić information content (AvgIpc) is 2.30. The number of hydrogen-bond acceptors (Lipinski definition) is 3. The molecule has 0 amide bonds. The van der Waals surface area contributed by atoms with E-state index in [2.05, 4.69) is 5.32 Å². The Hall–Kier alpha value is -0.120. The summed E-state index contributed by atoms with van der Waals surface area (Å²) < 4.78 is 10.5. The molecule has 0 aliphatic heterocycles. The first-order valence-corrected chi connectivity index (χ1v) is 7.23. The van der Waals surface area contributed by atoms with Crippen LogP contribution in [0.3, 0.4) is 0 Å². The van der Waals surface area contributed by atoms with Crippen LogP contribution >= 0.6 is 0 Å². The third kappa shape index (κ3) is 8.58. The Morgan fingerprint density at radius 2 is 1.65 bits per heavy atom. The van der Waals surface area contributed by atoms with E-state index in [0.717, 1.165) is 38.8 Å². The summed E-state index contributed by atoms with van der Waals surface area (Å²) in [5.41, 5.74) is 0. The molecule has 0 aromatic carbocycles. The van der Waals surface area contributed by atoms with Crippen molar-refractivity contribution < 1.29 is 9.47 Å². The topological polar surface area (TPSA) is 30.5 Å². The maximum atomic E-state index is 5.54. The molecule has 1 saturated carbocycles. The van der Waals surface area contributed by atoms with Gasteiger partial charge < -0.3 is 14.8 Å². The molecule has 0 bridgehead atoms. The summed E-state index contributed by atoms with van der Waals surface area (Å²) in [5.74, 6) is 0. The Morgan fingerprint density at radius 1 is 0.941 bits per heavy atom. The lowest BCUT2D eigenvalue weighted by atomic mass is 9.97. The van der Waals surface area contributed by atoms with Crippen molar-refractivity contribution in [2.75, 3.05) is 33.5 Å². The second kappa shape index (κ2) is 11.0. The third-order valence-electron chi connectivity index (χ3n) is 3.42. The van der Waals surface area contributed by atoms with Crippen molar-refractivity contribution in [2.24, 2.45) is 0 Å². The number of ether oxygens (including phenoxy) is 2. The normalized spacial score (nSPS) is 18.9. The maximum absolute atomic E-state index is 5.54. The largest absolute Gasteiger partial charge is 0.385 e.